The number of nitrogens with zero attached hydrogens (tertiary/aromatic N) is 2. The van der Waals surface area contributed by atoms with E-state index in [1.165, 1.54) is 0 Å². The highest BCUT2D eigenvalue weighted by Crippen LogP contribution is 2.24. The van der Waals surface area contributed by atoms with Crippen LogP contribution in [-0.2, 0) is 6.54 Å². The van der Waals surface area contributed by atoms with Crippen LogP contribution in [0.15, 0.2) is 65.4 Å². The molecule has 0 bridgehead atoms. The van der Waals surface area contributed by atoms with Gasteiger partial charge < -0.3 is 5.32 Å². The van der Waals surface area contributed by atoms with Crippen LogP contribution in [-0.4, -0.2) is 15.5 Å². The largest absolute Gasteiger partial charge is 0.347 e. The summed E-state index contributed by atoms with van der Waals surface area (Å²) in [5, 5.41) is 11.4. The van der Waals surface area contributed by atoms with Crippen LogP contribution in [0.25, 0.3) is 16.6 Å². The van der Waals surface area contributed by atoms with Gasteiger partial charge in [-0.3, -0.25) is 4.79 Å². The first-order chi connectivity index (χ1) is 12.2. The van der Waals surface area contributed by atoms with E-state index in [1.807, 2.05) is 41.1 Å². The van der Waals surface area contributed by atoms with Crippen molar-refractivity contribution in [2.75, 3.05) is 0 Å². The van der Waals surface area contributed by atoms with Gasteiger partial charge in [0.2, 0.25) is 0 Å². The molecule has 4 nitrogen and oxygen atoms in total. The summed E-state index contributed by atoms with van der Waals surface area (Å²) in [5.41, 5.74) is 4.70. The van der Waals surface area contributed by atoms with Crippen molar-refractivity contribution < 1.29 is 4.79 Å². The Kier molecular flexibility index (Phi) is 4.54. The zero-order chi connectivity index (χ0) is 17.2. The SMILES string of the molecule is O=C(NCc1ccsc1)c1cc2cc(-c3ccccc3)cc(I)n2n1. The Morgan fingerprint density at radius 2 is 1.96 bits per heavy atom. The van der Waals surface area contributed by atoms with Crippen LogP contribution in [0.3, 0.4) is 0 Å². The van der Waals surface area contributed by atoms with Crippen LogP contribution in [0.5, 0.6) is 0 Å². The highest BCUT2D eigenvalue weighted by atomic mass is 127. The average molecular weight is 459 g/mol. The van der Waals surface area contributed by atoms with Crippen molar-refractivity contribution in [1.29, 1.82) is 0 Å². The molecule has 0 atom stereocenters. The first kappa shape index (κ1) is 16.3. The monoisotopic (exact) mass is 459 g/mol. The topological polar surface area (TPSA) is 46.4 Å². The second kappa shape index (κ2) is 6.97. The molecule has 1 amide bonds. The van der Waals surface area contributed by atoms with E-state index in [-0.39, 0.29) is 5.91 Å². The molecule has 3 heterocycles. The Morgan fingerprint density at radius 1 is 1.12 bits per heavy atom. The van der Waals surface area contributed by atoms with Crippen LogP contribution in [0.2, 0.25) is 0 Å². The zero-order valence-corrected chi connectivity index (χ0v) is 16.1. The second-order valence-corrected chi connectivity index (χ2v) is 7.50. The van der Waals surface area contributed by atoms with Gasteiger partial charge in [-0.1, -0.05) is 30.3 Å². The molecule has 0 saturated heterocycles. The van der Waals surface area contributed by atoms with Crippen molar-refractivity contribution in [3.63, 3.8) is 0 Å². The van der Waals surface area contributed by atoms with Gasteiger partial charge in [-0.25, -0.2) is 4.52 Å². The molecule has 4 rings (SSSR count). The van der Waals surface area contributed by atoms with E-state index in [1.54, 1.807) is 15.9 Å². The minimum atomic E-state index is -0.160. The maximum absolute atomic E-state index is 12.4. The molecule has 0 saturated carbocycles. The average Bonchev–Trinajstić information content (AvgIpc) is 3.30. The van der Waals surface area contributed by atoms with Gasteiger partial charge in [0.25, 0.3) is 5.91 Å². The van der Waals surface area contributed by atoms with Gasteiger partial charge >= 0.3 is 0 Å². The summed E-state index contributed by atoms with van der Waals surface area (Å²) in [6.45, 7) is 0.516. The number of hydrogen-bond acceptors (Lipinski definition) is 3. The summed E-state index contributed by atoms with van der Waals surface area (Å²) in [4.78, 5) is 12.4. The van der Waals surface area contributed by atoms with Gasteiger partial charge in [0.1, 0.15) is 3.70 Å². The Hall–Kier alpha value is -2.19. The third-order valence-electron chi connectivity index (χ3n) is 3.89. The minimum absolute atomic E-state index is 0.160. The van der Waals surface area contributed by atoms with Crippen LogP contribution < -0.4 is 5.32 Å². The van der Waals surface area contributed by atoms with Gasteiger partial charge in [-0.15, -0.1) is 0 Å². The molecule has 0 spiro atoms. The number of rotatable bonds is 4. The lowest BCUT2D eigenvalue weighted by Gasteiger charge is -2.04. The molecule has 0 unspecified atom stereocenters. The van der Waals surface area contributed by atoms with E-state index in [2.05, 4.69) is 57.3 Å². The van der Waals surface area contributed by atoms with Gasteiger partial charge in [-0.05, 0) is 74.3 Å². The van der Waals surface area contributed by atoms with Crippen molar-refractivity contribution in [3.8, 4) is 11.1 Å². The van der Waals surface area contributed by atoms with Crippen molar-refractivity contribution in [2.45, 2.75) is 6.54 Å². The standard InChI is InChI=1S/C19H14IN3OS/c20-18-9-15(14-4-2-1-3-5-14)8-16-10-17(22-23(16)18)19(24)21-11-13-6-7-25-12-13/h1-10,12H,11H2,(H,21,24). The molecule has 0 radical (unpaired) electrons. The Bertz CT molecular complexity index is 1030. The van der Waals surface area contributed by atoms with E-state index in [0.29, 0.717) is 12.2 Å². The van der Waals surface area contributed by atoms with E-state index in [0.717, 1.165) is 25.9 Å². The number of amides is 1. The number of nitrogens with one attached hydrogen (secondary N) is 1. The van der Waals surface area contributed by atoms with Crippen molar-refractivity contribution in [2.24, 2.45) is 0 Å². The summed E-state index contributed by atoms with van der Waals surface area (Å²) in [6, 6.07) is 18.2. The maximum Gasteiger partial charge on any atom is 0.272 e. The van der Waals surface area contributed by atoms with E-state index >= 15 is 0 Å². The van der Waals surface area contributed by atoms with E-state index in [9.17, 15) is 4.79 Å². The number of fused-ring (bicyclic) bond motifs is 1. The molecule has 0 fully saturated rings. The number of benzene rings is 1. The molecule has 124 valence electrons. The lowest BCUT2D eigenvalue weighted by atomic mass is 10.1. The zero-order valence-electron chi connectivity index (χ0n) is 13.1. The molecule has 0 aliphatic rings. The van der Waals surface area contributed by atoms with Crippen molar-refractivity contribution in [1.82, 2.24) is 14.9 Å². The highest BCUT2D eigenvalue weighted by molar-refractivity contribution is 14.1. The number of carbonyl (C=O) groups excluding carboxylic acids is 1. The molecule has 1 aromatic carbocycles. The van der Waals surface area contributed by atoms with Crippen LogP contribution in [0, 0.1) is 3.70 Å². The molecular formula is C19H14IN3OS. The first-order valence-corrected chi connectivity index (χ1v) is 9.77. The molecule has 6 heteroatoms. The van der Waals surface area contributed by atoms with Crippen LogP contribution >= 0.6 is 33.9 Å². The fourth-order valence-electron chi connectivity index (χ4n) is 2.63. The molecule has 1 N–H and O–H groups in total. The maximum atomic E-state index is 12.4. The Balaban J connectivity index is 1.63. The number of pyridine rings is 1. The van der Waals surface area contributed by atoms with Crippen LogP contribution in [0.4, 0.5) is 0 Å². The molecule has 0 aliphatic carbocycles. The third-order valence-corrected chi connectivity index (χ3v) is 5.39. The molecular weight excluding hydrogens is 445 g/mol. The number of carbonyl (C=O) groups is 1. The lowest BCUT2D eigenvalue weighted by Crippen LogP contribution is -2.23. The van der Waals surface area contributed by atoms with Gasteiger partial charge in [0.05, 0.1) is 5.52 Å². The molecule has 3 aromatic heterocycles. The fourth-order valence-corrected chi connectivity index (χ4v) is 4.02. The number of halogens is 1. The smallest absolute Gasteiger partial charge is 0.272 e. The third kappa shape index (κ3) is 3.45. The quantitative estimate of drug-likeness (QED) is 0.358. The van der Waals surface area contributed by atoms with E-state index < -0.39 is 0 Å². The Labute approximate surface area is 162 Å². The summed E-state index contributed by atoms with van der Waals surface area (Å²) < 4.78 is 2.76. The lowest BCUT2D eigenvalue weighted by molar-refractivity contribution is 0.0945. The summed E-state index contributed by atoms with van der Waals surface area (Å²) in [5.74, 6) is -0.160. The predicted molar refractivity (Wildman–Crippen MR) is 109 cm³/mol. The molecule has 4 aromatic rings. The summed E-state index contributed by atoms with van der Waals surface area (Å²) >= 11 is 3.87. The Morgan fingerprint density at radius 3 is 2.72 bits per heavy atom. The number of hydrogen-bond donors (Lipinski definition) is 1. The first-order valence-electron chi connectivity index (χ1n) is 7.75. The number of aromatic nitrogens is 2. The predicted octanol–water partition coefficient (Wildman–Crippen LogP) is 4.60. The van der Waals surface area contributed by atoms with Crippen LogP contribution in [0.1, 0.15) is 16.1 Å². The minimum Gasteiger partial charge on any atom is -0.347 e. The van der Waals surface area contributed by atoms with Gasteiger partial charge in [-0.2, -0.15) is 16.4 Å². The molecule has 25 heavy (non-hydrogen) atoms. The van der Waals surface area contributed by atoms with Crippen molar-refractivity contribution in [3.05, 3.63) is 80.3 Å². The van der Waals surface area contributed by atoms with Gasteiger partial charge in [0.15, 0.2) is 5.69 Å². The fraction of sp³-hybridized carbons (Fsp3) is 0.0526. The van der Waals surface area contributed by atoms with Crippen molar-refractivity contribution >= 4 is 45.4 Å². The summed E-state index contributed by atoms with van der Waals surface area (Å²) in [7, 11) is 0. The second-order valence-electron chi connectivity index (χ2n) is 5.61. The summed E-state index contributed by atoms with van der Waals surface area (Å²) in [6.07, 6.45) is 0. The normalized spacial score (nSPS) is 10.9. The number of thiophene rings is 1. The van der Waals surface area contributed by atoms with E-state index in [4.69, 9.17) is 0 Å². The highest BCUT2D eigenvalue weighted by Gasteiger charge is 2.13. The van der Waals surface area contributed by atoms with Gasteiger partial charge in [0, 0.05) is 6.54 Å². The molecule has 0 aliphatic heterocycles.